The zero-order valence-electron chi connectivity index (χ0n) is 35.6. The predicted molar refractivity (Wildman–Crippen MR) is 223 cm³/mol. The van der Waals surface area contributed by atoms with Crippen LogP contribution in [0.15, 0.2) is 0 Å². The molecule has 0 rings (SSSR count). The number of hydrogen-bond donors (Lipinski definition) is 1. The predicted octanol–water partition coefficient (Wildman–Crippen LogP) is 13.1. The van der Waals surface area contributed by atoms with Crippen molar-refractivity contribution in [3.8, 4) is 0 Å². The number of hydrogen-bond acceptors (Lipinski definition) is 6. The highest BCUT2D eigenvalue weighted by atomic mass is 19.1. The minimum atomic E-state index is -0.194. The van der Waals surface area contributed by atoms with Gasteiger partial charge in [0.15, 0.2) is 0 Å². The Labute approximate surface area is 328 Å². The molecule has 0 fully saturated rings. The summed E-state index contributed by atoms with van der Waals surface area (Å²) in [6.07, 6.45) is 35.8. The van der Waals surface area contributed by atoms with E-state index in [-0.39, 0.29) is 31.1 Å². The van der Waals surface area contributed by atoms with E-state index < -0.39 is 0 Å². The van der Waals surface area contributed by atoms with Crippen LogP contribution in [0.1, 0.15) is 226 Å². The van der Waals surface area contributed by atoms with E-state index in [4.69, 9.17) is 9.47 Å². The Balaban J connectivity index is 4.10. The van der Waals surface area contributed by atoms with Crippen molar-refractivity contribution < 1.29 is 28.6 Å². The fourth-order valence-corrected chi connectivity index (χ4v) is 7.24. The van der Waals surface area contributed by atoms with Gasteiger partial charge in [0.1, 0.15) is 0 Å². The van der Waals surface area contributed by atoms with Crippen LogP contribution in [0.3, 0.4) is 0 Å². The first kappa shape index (κ1) is 51.8. The van der Waals surface area contributed by atoms with Crippen LogP contribution in [0, 0.1) is 11.8 Å². The molecule has 2 atom stereocenters. The Bertz CT molecular complexity index is 768. The molecule has 316 valence electrons. The van der Waals surface area contributed by atoms with Crippen LogP contribution in [0.25, 0.3) is 0 Å². The van der Waals surface area contributed by atoms with Crippen molar-refractivity contribution in [3.63, 3.8) is 0 Å². The molecule has 0 aromatic heterocycles. The van der Waals surface area contributed by atoms with Crippen molar-refractivity contribution >= 4 is 11.9 Å². The highest BCUT2D eigenvalue weighted by molar-refractivity contribution is 5.71. The van der Waals surface area contributed by atoms with Crippen LogP contribution in [-0.4, -0.2) is 68.1 Å². The molecule has 0 heterocycles. The summed E-state index contributed by atoms with van der Waals surface area (Å²) in [4.78, 5) is 27.4. The van der Waals surface area contributed by atoms with Crippen LogP contribution in [0.5, 0.6) is 0 Å². The molecule has 0 amide bonds. The number of halogens is 1. The molecule has 0 radical (unpaired) electrons. The number of aliphatic hydroxyl groups excluding tert-OH is 1. The van der Waals surface area contributed by atoms with Crippen molar-refractivity contribution in [2.45, 2.75) is 226 Å². The number of nitrogens with zero attached hydrogens (tertiary/aromatic N) is 1. The van der Waals surface area contributed by atoms with E-state index >= 15 is 0 Å². The Morgan fingerprint density at radius 3 is 1.57 bits per heavy atom. The van der Waals surface area contributed by atoms with Gasteiger partial charge in [-0.05, 0) is 89.8 Å². The molecule has 0 saturated heterocycles. The third-order valence-corrected chi connectivity index (χ3v) is 10.9. The lowest BCUT2D eigenvalue weighted by molar-refractivity contribution is -0.148. The van der Waals surface area contributed by atoms with Crippen molar-refractivity contribution in [1.29, 1.82) is 0 Å². The summed E-state index contributed by atoms with van der Waals surface area (Å²) in [7, 11) is 0. The van der Waals surface area contributed by atoms with Gasteiger partial charge >= 0.3 is 11.9 Å². The van der Waals surface area contributed by atoms with Gasteiger partial charge in [0, 0.05) is 13.0 Å². The Morgan fingerprint density at radius 2 is 1.00 bits per heavy atom. The molecule has 7 heteroatoms. The van der Waals surface area contributed by atoms with Crippen LogP contribution in [0.4, 0.5) is 4.39 Å². The molecule has 0 aliphatic rings. The highest BCUT2D eigenvalue weighted by Crippen LogP contribution is 2.20. The topological polar surface area (TPSA) is 76.1 Å². The van der Waals surface area contributed by atoms with E-state index in [1.807, 2.05) is 6.92 Å². The Morgan fingerprint density at radius 1 is 0.547 bits per heavy atom. The van der Waals surface area contributed by atoms with Crippen LogP contribution >= 0.6 is 0 Å². The molecule has 6 nitrogen and oxygen atoms in total. The second-order valence-corrected chi connectivity index (χ2v) is 16.2. The average Bonchev–Trinajstić information content (AvgIpc) is 3.16. The van der Waals surface area contributed by atoms with E-state index in [0.717, 1.165) is 110 Å². The van der Waals surface area contributed by atoms with Crippen LogP contribution in [0.2, 0.25) is 0 Å². The van der Waals surface area contributed by atoms with E-state index in [0.29, 0.717) is 32.0 Å². The van der Waals surface area contributed by atoms with Gasteiger partial charge in [0.2, 0.25) is 0 Å². The van der Waals surface area contributed by atoms with Gasteiger partial charge in [-0.25, -0.2) is 0 Å². The summed E-state index contributed by atoms with van der Waals surface area (Å²) >= 11 is 0. The lowest BCUT2D eigenvalue weighted by Crippen LogP contribution is -2.27. The Hall–Kier alpha value is -1.21. The molecular formula is C46H90FNO5. The maximum absolute atomic E-state index is 12.5. The van der Waals surface area contributed by atoms with E-state index in [1.165, 1.54) is 103 Å². The Kier molecular flexibility index (Phi) is 41.0. The molecule has 0 aliphatic carbocycles. The second-order valence-electron chi connectivity index (χ2n) is 16.2. The third-order valence-electron chi connectivity index (χ3n) is 10.9. The lowest BCUT2D eigenvalue weighted by atomic mass is 9.95. The molecule has 0 aromatic carbocycles. The standard InChI is InChI=1S/C46H90FNO5/c1-4-6-8-10-13-21-31-41-52-46(51)43(3)32-22-17-20-28-38-48(39-29-30-40-49)37-27-19-14-16-25-35-45(50)53-42-44(33-23-9-7-5-2)34-24-15-11-12-18-26-36-47/h43-44,49H,4-42H2,1-3H3. The van der Waals surface area contributed by atoms with E-state index in [1.54, 1.807) is 0 Å². The number of aliphatic hydroxyl groups is 1. The van der Waals surface area contributed by atoms with Gasteiger partial charge in [-0.15, -0.1) is 0 Å². The van der Waals surface area contributed by atoms with E-state index in [9.17, 15) is 19.1 Å². The van der Waals surface area contributed by atoms with Crippen molar-refractivity contribution in [1.82, 2.24) is 4.90 Å². The van der Waals surface area contributed by atoms with Crippen LogP contribution < -0.4 is 0 Å². The minimum Gasteiger partial charge on any atom is -0.465 e. The third kappa shape index (κ3) is 37.5. The SMILES string of the molecule is CCCCCCCCCOC(=O)C(C)CCCCCCN(CCCCO)CCCCCCCC(=O)OCC(CCCCCC)CCCCCCCCF. The van der Waals surface area contributed by atoms with Crippen LogP contribution in [-0.2, 0) is 19.1 Å². The van der Waals surface area contributed by atoms with Crippen molar-refractivity contribution in [3.05, 3.63) is 0 Å². The molecule has 2 unspecified atom stereocenters. The maximum atomic E-state index is 12.5. The normalized spacial score (nSPS) is 12.7. The van der Waals surface area contributed by atoms with E-state index in [2.05, 4.69) is 18.7 Å². The minimum absolute atomic E-state index is 0.00563. The summed E-state index contributed by atoms with van der Waals surface area (Å²) < 4.78 is 23.6. The molecular weight excluding hydrogens is 666 g/mol. The summed E-state index contributed by atoms with van der Waals surface area (Å²) in [6.45, 7) is 11.0. The largest absolute Gasteiger partial charge is 0.465 e. The van der Waals surface area contributed by atoms with Gasteiger partial charge in [-0.1, -0.05) is 156 Å². The fourth-order valence-electron chi connectivity index (χ4n) is 7.24. The quantitative estimate of drug-likeness (QED) is 0.0493. The van der Waals surface area contributed by atoms with Gasteiger partial charge in [0.05, 0.1) is 25.8 Å². The first-order valence-corrected chi connectivity index (χ1v) is 23.2. The van der Waals surface area contributed by atoms with Gasteiger partial charge < -0.3 is 19.5 Å². The molecule has 1 N–H and O–H groups in total. The zero-order chi connectivity index (χ0) is 38.9. The molecule has 53 heavy (non-hydrogen) atoms. The van der Waals surface area contributed by atoms with Crippen molar-refractivity contribution in [2.75, 3.05) is 46.1 Å². The highest BCUT2D eigenvalue weighted by Gasteiger charge is 2.15. The summed E-state index contributed by atoms with van der Waals surface area (Å²) in [6, 6.07) is 0. The van der Waals surface area contributed by atoms with Gasteiger partial charge in [0.25, 0.3) is 0 Å². The summed E-state index contributed by atoms with van der Waals surface area (Å²) in [5.74, 6) is 0.418. The number of rotatable bonds is 43. The molecule has 0 aromatic rings. The van der Waals surface area contributed by atoms with Gasteiger partial charge in [-0.2, -0.15) is 0 Å². The number of carbonyl (C=O) groups excluding carboxylic acids is 2. The molecule has 0 saturated carbocycles. The number of alkyl halides is 1. The number of carbonyl (C=O) groups is 2. The molecule has 0 spiro atoms. The average molecular weight is 756 g/mol. The second kappa shape index (κ2) is 41.9. The maximum Gasteiger partial charge on any atom is 0.308 e. The first-order chi connectivity index (χ1) is 26.0. The fraction of sp³-hybridized carbons (Fsp3) is 0.957. The first-order valence-electron chi connectivity index (χ1n) is 23.2. The zero-order valence-corrected chi connectivity index (χ0v) is 35.6. The monoisotopic (exact) mass is 756 g/mol. The summed E-state index contributed by atoms with van der Waals surface area (Å²) in [5, 5.41) is 9.27. The smallest absolute Gasteiger partial charge is 0.308 e. The van der Waals surface area contributed by atoms with Crippen molar-refractivity contribution in [2.24, 2.45) is 11.8 Å². The number of ether oxygens (including phenoxy) is 2. The molecule has 0 aliphatic heterocycles. The lowest BCUT2D eigenvalue weighted by Gasteiger charge is -2.22. The number of unbranched alkanes of at least 4 members (excludes halogenated alkanes) is 22. The molecule has 0 bridgehead atoms. The number of esters is 2. The summed E-state index contributed by atoms with van der Waals surface area (Å²) in [5.41, 5.74) is 0. The van der Waals surface area contributed by atoms with Gasteiger partial charge in [-0.3, -0.25) is 14.0 Å².